The third-order valence-electron chi connectivity index (χ3n) is 1.32. The quantitative estimate of drug-likeness (QED) is 0.411. The fourth-order valence-electron chi connectivity index (χ4n) is 0.719. The first-order valence-corrected chi connectivity index (χ1v) is 4.28. The Kier molecular flexibility index (Phi) is 3.01. The second-order valence-electron chi connectivity index (χ2n) is 2.09. The van der Waals surface area contributed by atoms with Crippen molar-refractivity contribution in [3.63, 3.8) is 0 Å². The largest absolute Gasteiger partial charge is 0.204 e. The van der Waals surface area contributed by atoms with Crippen LogP contribution in [0.1, 0.15) is 5.56 Å². The van der Waals surface area contributed by atoms with Crippen LogP contribution in [-0.4, -0.2) is 0 Å². The van der Waals surface area contributed by atoms with Crippen LogP contribution in [0, 0.1) is 17.5 Å². The van der Waals surface area contributed by atoms with Gasteiger partial charge < -0.3 is 0 Å². The average molecular weight is 259 g/mol. The lowest BCUT2D eigenvalue weighted by Gasteiger charge is -2.02. The van der Waals surface area contributed by atoms with Gasteiger partial charge in [0.15, 0.2) is 17.5 Å². The summed E-state index contributed by atoms with van der Waals surface area (Å²) in [5.74, 6) is -4.04. The molecule has 0 spiro atoms. The standard InChI is InChI=1S/C7H3BrClF3/c8-5-3(2-9)1-4(10)6(11)7(5)12/h1H,2H2. The molecule has 0 N–H and O–H groups in total. The molecule has 0 radical (unpaired) electrons. The molecule has 0 nitrogen and oxygen atoms in total. The number of hydrogen-bond donors (Lipinski definition) is 0. The summed E-state index contributed by atoms with van der Waals surface area (Å²) in [4.78, 5) is 0. The topological polar surface area (TPSA) is 0 Å². The van der Waals surface area contributed by atoms with Crippen LogP contribution in [0.5, 0.6) is 0 Å². The van der Waals surface area contributed by atoms with Crippen LogP contribution in [0.15, 0.2) is 10.5 Å². The van der Waals surface area contributed by atoms with E-state index in [4.69, 9.17) is 11.6 Å². The van der Waals surface area contributed by atoms with Gasteiger partial charge in [-0.3, -0.25) is 0 Å². The molecule has 0 heterocycles. The summed E-state index contributed by atoms with van der Waals surface area (Å²) >= 11 is 8.10. The van der Waals surface area contributed by atoms with E-state index in [1.807, 2.05) is 0 Å². The highest BCUT2D eigenvalue weighted by atomic mass is 79.9. The molecule has 0 aliphatic rings. The highest BCUT2D eigenvalue weighted by molar-refractivity contribution is 9.10. The Balaban J connectivity index is 3.39. The van der Waals surface area contributed by atoms with E-state index in [0.29, 0.717) is 0 Å². The molecule has 1 rings (SSSR count). The molecule has 0 fully saturated rings. The minimum atomic E-state index is -1.49. The van der Waals surface area contributed by atoms with Crippen molar-refractivity contribution in [1.82, 2.24) is 0 Å². The third kappa shape index (κ3) is 1.59. The number of benzene rings is 1. The minimum absolute atomic E-state index is 0.0747. The van der Waals surface area contributed by atoms with Crippen LogP contribution >= 0.6 is 27.5 Å². The van der Waals surface area contributed by atoms with Gasteiger partial charge in [-0.05, 0) is 27.6 Å². The minimum Gasteiger partial charge on any atom is -0.204 e. The van der Waals surface area contributed by atoms with Crippen molar-refractivity contribution in [3.8, 4) is 0 Å². The van der Waals surface area contributed by atoms with E-state index in [1.165, 1.54) is 0 Å². The first-order chi connectivity index (χ1) is 5.57. The zero-order chi connectivity index (χ0) is 9.30. The molecule has 0 aliphatic heterocycles. The molecule has 1 aromatic rings. The van der Waals surface area contributed by atoms with Gasteiger partial charge in [0.25, 0.3) is 0 Å². The summed E-state index contributed by atoms with van der Waals surface area (Å²) in [6.45, 7) is 0. The Morgan fingerprint density at radius 1 is 1.25 bits per heavy atom. The van der Waals surface area contributed by atoms with E-state index in [2.05, 4.69) is 15.9 Å². The van der Waals surface area contributed by atoms with Gasteiger partial charge in [-0.15, -0.1) is 11.6 Å². The van der Waals surface area contributed by atoms with E-state index < -0.39 is 17.5 Å². The first kappa shape index (κ1) is 9.86. The Morgan fingerprint density at radius 3 is 2.33 bits per heavy atom. The number of rotatable bonds is 1. The lowest BCUT2D eigenvalue weighted by atomic mass is 10.2. The van der Waals surface area contributed by atoms with Crippen molar-refractivity contribution < 1.29 is 13.2 Å². The summed E-state index contributed by atoms with van der Waals surface area (Å²) in [6.07, 6.45) is 0. The number of hydrogen-bond acceptors (Lipinski definition) is 0. The third-order valence-corrected chi connectivity index (χ3v) is 2.47. The maximum absolute atomic E-state index is 12.7. The van der Waals surface area contributed by atoms with Crippen LogP contribution < -0.4 is 0 Å². The highest BCUT2D eigenvalue weighted by Gasteiger charge is 2.15. The Hall–Kier alpha value is -0.220. The Labute approximate surface area is 80.5 Å². The predicted molar refractivity (Wildman–Crippen MR) is 43.6 cm³/mol. The zero-order valence-electron chi connectivity index (χ0n) is 5.67. The molecule has 0 saturated heterocycles. The van der Waals surface area contributed by atoms with Gasteiger partial charge in [-0.25, -0.2) is 13.2 Å². The van der Waals surface area contributed by atoms with E-state index in [9.17, 15) is 13.2 Å². The maximum Gasteiger partial charge on any atom is 0.195 e. The van der Waals surface area contributed by atoms with E-state index in [1.54, 1.807) is 0 Å². The maximum atomic E-state index is 12.7. The normalized spacial score (nSPS) is 10.4. The van der Waals surface area contributed by atoms with Crippen LogP contribution in [0.3, 0.4) is 0 Å². The Bertz CT molecular complexity index is 314. The van der Waals surface area contributed by atoms with Gasteiger partial charge in [-0.1, -0.05) is 0 Å². The molecular weight excluding hydrogens is 256 g/mol. The van der Waals surface area contributed by atoms with E-state index in [0.717, 1.165) is 6.07 Å². The molecule has 66 valence electrons. The molecule has 12 heavy (non-hydrogen) atoms. The second kappa shape index (κ2) is 3.66. The molecule has 0 aliphatic carbocycles. The lowest BCUT2D eigenvalue weighted by Crippen LogP contribution is -1.95. The van der Waals surface area contributed by atoms with E-state index >= 15 is 0 Å². The van der Waals surface area contributed by atoms with Crippen molar-refractivity contribution >= 4 is 27.5 Å². The lowest BCUT2D eigenvalue weighted by molar-refractivity contribution is 0.442. The van der Waals surface area contributed by atoms with Gasteiger partial charge in [0.05, 0.1) is 4.47 Å². The second-order valence-corrected chi connectivity index (χ2v) is 3.15. The van der Waals surface area contributed by atoms with Crippen LogP contribution in [-0.2, 0) is 5.88 Å². The van der Waals surface area contributed by atoms with Gasteiger partial charge in [-0.2, -0.15) is 0 Å². The summed E-state index contributed by atoms with van der Waals surface area (Å²) < 4.78 is 37.6. The monoisotopic (exact) mass is 258 g/mol. The highest BCUT2D eigenvalue weighted by Crippen LogP contribution is 2.26. The van der Waals surface area contributed by atoms with Crippen LogP contribution in [0.4, 0.5) is 13.2 Å². The fraction of sp³-hybridized carbons (Fsp3) is 0.143. The van der Waals surface area contributed by atoms with Crippen LogP contribution in [0.2, 0.25) is 0 Å². The molecule has 0 atom stereocenters. The molecule has 5 heteroatoms. The molecule has 0 unspecified atom stereocenters. The molecule has 0 saturated carbocycles. The van der Waals surface area contributed by atoms with Gasteiger partial charge in [0.2, 0.25) is 0 Å². The first-order valence-electron chi connectivity index (χ1n) is 2.95. The van der Waals surface area contributed by atoms with Gasteiger partial charge >= 0.3 is 0 Å². The fourth-order valence-corrected chi connectivity index (χ4v) is 1.52. The summed E-state index contributed by atoms with van der Waals surface area (Å²) in [7, 11) is 0. The summed E-state index contributed by atoms with van der Waals surface area (Å²) in [6, 6.07) is 0.857. The molecule has 1 aromatic carbocycles. The molecule has 0 aromatic heterocycles. The average Bonchev–Trinajstić information content (AvgIpc) is 2.08. The van der Waals surface area contributed by atoms with Crippen molar-refractivity contribution in [1.29, 1.82) is 0 Å². The number of halogens is 5. The van der Waals surface area contributed by atoms with Crippen molar-refractivity contribution in [3.05, 3.63) is 33.6 Å². The van der Waals surface area contributed by atoms with Crippen molar-refractivity contribution in [2.45, 2.75) is 5.88 Å². The summed E-state index contributed by atoms with van der Waals surface area (Å²) in [5.41, 5.74) is 0.188. The Morgan fingerprint density at radius 2 is 1.83 bits per heavy atom. The zero-order valence-corrected chi connectivity index (χ0v) is 8.02. The number of alkyl halides is 1. The van der Waals surface area contributed by atoms with Crippen molar-refractivity contribution in [2.24, 2.45) is 0 Å². The predicted octanol–water partition coefficient (Wildman–Crippen LogP) is 3.61. The van der Waals surface area contributed by atoms with Crippen LogP contribution in [0.25, 0.3) is 0 Å². The molecule has 0 amide bonds. The SMILES string of the molecule is Fc1cc(CCl)c(Br)c(F)c1F. The molecular formula is C7H3BrClF3. The van der Waals surface area contributed by atoms with Crippen molar-refractivity contribution in [2.75, 3.05) is 0 Å². The van der Waals surface area contributed by atoms with Gasteiger partial charge in [0, 0.05) is 5.88 Å². The summed E-state index contributed by atoms with van der Waals surface area (Å²) in [5, 5.41) is 0. The smallest absolute Gasteiger partial charge is 0.195 e. The van der Waals surface area contributed by atoms with Gasteiger partial charge in [0.1, 0.15) is 0 Å². The molecule has 0 bridgehead atoms. The van der Waals surface area contributed by atoms with E-state index in [-0.39, 0.29) is 15.9 Å².